The summed E-state index contributed by atoms with van der Waals surface area (Å²) in [5.74, 6) is -0.169. The van der Waals surface area contributed by atoms with Gasteiger partial charge >= 0.3 is 0 Å². The number of aromatic amines is 1. The normalized spacial score (nSPS) is 15.2. The minimum atomic E-state index is -0.169. The summed E-state index contributed by atoms with van der Waals surface area (Å²) in [4.78, 5) is 16.3. The summed E-state index contributed by atoms with van der Waals surface area (Å²) >= 11 is 3.40. The summed E-state index contributed by atoms with van der Waals surface area (Å²) in [6.07, 6.45) is 5.19. The number of amides is 1. The molecule has 2 aromatic heterocycles. The van der Waals surface area contributed by atoms with Crippen molar-refractivity contribution in [3.63, 3.8) is 0 Å². The molecule has 1 aliphatic carbocycles. The van der Waals surface area contributed by atoms with Crippen LogP contribution in [0.25, 0.3) is 11.3 Å². The van der Waals surface area contributed by atoms with Crippen LogP contribution in [-0.4, -0.2) is 37.4 Å². The SMILES string of the molecule is O=C(NCC1(n2cncn2)CC1)c1cc(-c2ccc(Br)cc2)n[nH]1. The van der Waals surface area contributed by atoms with Gasteiger partial charge in [0.2, 0.25) is 0 Å². The number of nitrogens with one attached hydrogen (secondary N) is 2. The van der Waals surface area contributed by atoms with Crippen LogP contribution in [0.5, 0.6) is 0 Å². The van der Waals surface area contributed by atoms with Gasteiger partial charge in [0, 0.05) is 16.6 Å². The van der Waals surface area contributed by atoms with Crippen molar-refractivity contribution >= 4 is 21.8 Å². The summed E-state index contributed by atoms with van der Waals surface area (Å²) in [6, 6.07) is 9.54. The number of benzene rings is 1. The second-order valence-electron chi connectivity index (χ2n) is 5.92. The van der Waals surface area contributed by atoms with Crippen LogP contribution in [0.2, 0.25) is 0 Å². The van der Waals surface area contributed by atoms with E-state index in [0.717, 1.165) is 28.6 Å². The lowest BCUT2D eigenvalue weighted by atomic mass is 10.1. The quantitative estimate of drug-likeness (QED) is 0.704. The van der Waals surface area contributed by atoms with Crippen LogP contribution in [0.3, 0.4) is 0 Å². The van der Waals surface area contributed by atoms with Gasteiger partial charge in [0.25, 0.3) is 5.91 Å². The van der Waals surface area contributed by atoms with E-state index in [1.165, 1.54) is 6.33 Å². The lowest BCUT2D eigenvalue weighted by molar-refractivity contribution is 0.0939. The molecular weight excluding hydrogens is 372 g/mol. The highest BCUT2D eigenvalue weighted by molar-refractivity contribution is 9.10. The minimum Gasteiger partial charge on any atom is -0.348 e. The van der Waals surface area contributed by atoms with Gasteiger partial charge < -0.3 is 5.32 Å². The number of hydrogen-bond acceptors (Lipinski definition) is 4. The Morgan fingerprint density at radius 2 is 2.12 bits per heavy atom. The first kappa shape index (κ1) is 15.1. The molecule has 1 amide bonds. The first-order valence-corrected chi connectivity index (χ1v) is 8.40. The fourth-order valence-electron chi connectivity index (χ4n) is 2.63. The maximum atomic E-state index is 12.4. The highest BCUT2D eigenvalue weighted by Crippen LogP contribution is 2.41. The smallest absolute Gasteiger partial charge is 0.269 e. The molecule has 3 aromatic rings. The third-order valence-corrected chi connectivity index (χ3v) is 4.80. The van der Waals surface area contributed by atoms with Gasteiger partial charge in [-0.25, -0.2) is 9.67 Å². The molecule has 0 unspecified atom stereocenters. The molecule has 7 nitrogen and oxygen atoms in total. The zero-order valence-electron chi connectivity index (χ0n) is 12.7. The minimum absolute atomic E-state index is 0.124. The molecule has 1 fully saturated rings. The highest BCUT2D eigenvalue weighted by Gasteiger charge is 2.45. The molecule has 1 aliphatic rings. The average Bonchev–Trinajstić information content (AvgIpc) is 3.03. The van der Waals surface area contributed by atoms with Crippen molar-refractivity contribution in [2.24, 2.45) is 0 Å². The van der Waals surface area contributed by atoms with Gasteiger partial charge in [-0.2, -0.15) is 10.2 Å². The second kappa shape index (κ2) is 5.86. The molecule has 8 heteroatoms. The van der Waals surface area contributed by atoms with E-state index in [0.29, 0.717) is 12.2 Å². The second-order valence-corrected chi connectivity index (χ2v) is 6.84. The summed E-state index contributed by atoms with van der Waals surface area (Å²) < 4.78 is 2.83. The third-order valence-electron chi connectivity index (χ3n) is 4.27. The maximum absolute atomic E-state index is 12.4. The molecule has 1 aromatic carbocycles. The topological polar surface area (TPSA) is 88.5 Å². The summed E-state index contributed by atoms with van der Waals surface area (Å²) in [5.41, 5.74) is 2.02. The van der Waals surface area contributed by atoms with Crippen LogP contribution < -0.4 is 5.32 Å². The number of aromatic nitrogens is 5. The molecular formula is C16H15BrN6O. The Bertz CT molecular complexity index is 851. The summed E-state index contributed by atoms with van der Waals surface area (Å²) in [6.45, 7) is 0.530. The van der Waals surface area contributed by atoms with Crippen LogP contribution >= 0.6 is 15.9 Å². The number of H-pyrrole nitrogens is 1. The molecule has 122 valence electrons. The van der Waals surface area contributed by atoms with Gasteiger partial charge in [0.1, 0.15) is 18.3 Å². The van der Waals surface area contributed by atoms with E-state index in [1.807, 2.05) is 28.9 Å². The molecule has 0 radical (unpaired) electrons. The van der Waals surface area contributed by atoms with E-state index in [1.54, 1.807) is 12.4 Å². The van der Waals surface area contributed by atoms with E-state index < -0.39 is 0 Å². The van der Waals surface area contributed by atoms with E-state index in [4.69, 9.17) is 0 Å². The molecule has 0 aliphatic heterocycles. The maximum Gasteiger partial charge on any atom is 0.269 e. The highest BCUT2D eigenvalue weighted by atomic mass is 79.9. The number of nitrogens with zero attached hydrogens (tertiary/aromatic N) is 4. The van der Waals surface area contributed by atoms with E-state index in [-0.39, 0.29) is 11.4 Å². The van der Waals surface area contributed by atoms with Crippen LogP contribution in [0.15, 0.2) is 47.5 Å². The summed E-state index contributed by atoms with van der Waals surface area (Å²) in [7, 11) is 0. The molecule has 1 saturated carbocycles. The van der Waals surface area contributed by atoms with Crippen LogP contribution in [0, 0.1) is 0 Å². The Morgan fingerprint density at radius 3 is 2.79 bits per heavy atom. The van der Waals surface area contributed by atoms with Crippen molar-refractivity contribution in [3.05, 3.63) is 53.2 Å². The lowest BCUT2D eigenvalue weighted by Crippen LogP contribution is -2.36. The van der Waals surface area contributed by atoms with Gasteiger partial charge in [-0.1, -0.05) is 28.1 Å². The first-order chi connectivity index (χ1) is 11.7. The monoisotopic (exact) mass is 386 g/mol. The van der Waals surface area contributed by atoms with Crippen molar-refractivity contribution in [2.45, 2.75) is 18.4 Å². The van der Waals surface area contributed by atoms with Crippen molar-refractivity contribution in [2.75, 3.05) is 6.54 Å². The Balaban J connectivity index is 1.43. The Hall–Kier alpha value is -2.48. The van der Waals surface area contributed by atoms with Crippen LogP contribution in [-0.2, 0) is 5.54 Å². The molecule has 4 rings (SSSR count). The number of halogens is 1. The van der Waals surface area contributed by atoms with Crippen molar-refractivity contribution in [1.29, 1.82) is 0 Å². The standard InChI is InChI=1S/C16H15BrN6O/c17-12-3-1-11(2-4-12)13-7-14(22-21-13)15(24)19-8-16(5-6-16)23-10-18-9-20-23/h1-4,7,9-10H,5-6,8H2,(H,19,24)(H,21,22). The van der Waals surface area contributed by atoms with E-state index in [2.05, 4.69) is 41.5 Å². The van der Waals surface area contributed by atoms with Crippen LogP contribution in [0.1, 0.15) is 23.3 Å². The fourth-order valence-corrected chi connectivity index (χ4v) is 2.90. The van der Waals surface area contributed by atoms with Crippen molar-refractivity contribution < 1.29 is 4.79 Å². The van der Waals surface area contributed by atoms with Gasteiger partial charge in [-0.15, -0.1) is 0 Å². The molecule has 2 N–H and O–H groups in total. The Labute approximate surface area is 146 Å². The van der Waals surface area contributed by atoms with E-state index >= 15 is 0 Å². The third kappa shape index (κ3) is 2.84. The van der Waals surface area contributed by atoms with Crippen molar-refractivity contribution in [3.8, 4) is 11.3 Å². The molecule has 0 saturated heterocycles. The van der Waals surface area contributed by atoms with Gasteiger partial charge in [0.15, 0.2) is 0 Å². The fraction of sp³-hybridized carbons (Fsp3) is 0.250. The van der Waals surface area contributed by atoms with Crippen LogP contribution in [0.4, 0.5) is 0 Å². The lowest BCUT2D eigenvalue weighted by Gasteiger charge is -2.15. The largest absolute Gasteiger partial charge is 0.348 e. The zero-order chi connectivity index (χ0) is 16.6. The zero-order valence-corrected chi connectivity index (χ0v) is 14.3. The molecule has 2 heterocycles. The number of rotatable bonds is 5. The van der Waals surface area contributed by atoms with Gasteiger partial charge in [0.05, 0.1) is 11.2 Å². The first-order valence-electron chi connectivity index (χ1n) is 7.61. The summed E-state index contributed by atoms with van der Waals surface area (Å²) in [5, 5.41) is 14.2. The Kier molecular flexibility index (Phi) is 3.68. The molecule has 0 spiro atoms. The molecule has 0 bridgehead atoms. The predicted octanol–water partition coefficient (Wildman–Crippen LogP) is 2.35. The number of hydrogen-bond donors (Lipinski definition) is 2. The molecule has 0 atom stereocenters. The Morgan fingerprint density at radius 1 is 1.33 bits per heavy atom. The number of carbonyl (C=O) groups excluding carboxylic acids is 1. The molecule has 24 heavy (non-hydrogen) atoms. The van der Waals surface area contributed by atoms with Crippen molar-refractivity contribution in [1.82, 2.24) is 30.3 Å². The van der Waals surface area contributed by atoms with E-state index in [9.17, 15) is 4.79 Å². The average molecular weight is 387 g/mol. The number of carbonyl (C=O) groups is 1. The van der Waals surface area contributed by atoms with Gasteiger partial charge in [-0.05, 0) is 31.0 Å². The predicted molar refractivity (Wildman–Crippen MR) is 91.3 cm³/mol. The van der Waals surface area contributed by atoms with Gasteiger partial charge in [-0.3, -0.25) is 9.89 Å².